The molecule has 1 aromatic heterocycles. The smallest absolute Gasteiger partial charge is 0.331 e. The summed E-state index contributed by atoms with van der Waals surface area (Å²) in [6.45, 7) is 8.61. The molecule has 0 amide bonds. The summed E-state index contributed by atoms with van der Waals surface area (Å²) in [5.41, 5.74) is -0.440. The number of anilines is 1. The van der Waals surface area contributed by atoms with Crippen LogP contribution in [0.15, 0.2) is 30.3 Å². The second-order valence-corrected chi connectivity index (χ2v) is 8.64. The molecule has 8 heteroatoms. The molecule has 1 aromatic carbocycles. The van der Waals surface area contributed by atoms with Gasteiger partial charge in [-0.1, -0.05) is 6.07 Å². The Bertz CT molecular complexity index is 989. The maximum absolute atomic E-state index is 11.6. The zero-order chi connectivity index (χ0) is 22.6. The van der Waals surface area contributed by atoms with Crippen molar-refractivity contribution >= 4 is 25.0 Å². The van der Waals surface area contributed by atoms with Gasteiger partial charge in [-0.15, -0.1) is 0 Å². The van der Waals surface area contributed by atoms with Crippen molar-refractivity contribution in [2.24, 2.45) is 0 Å². The Morgan fingerprint density at radius 3 is 2.52 bits per heavy atom. The maximum atomic E-state index is 11.6. The van der Waals surface area contributed by atoms with Gasteiger partial charge in [-0.2, -0.15) is 10.2 Å². The molecular weight excluding hydrogens is 393 g/mol. The minimum atomic E-state index is -1.07. The summed E-state index contributed by atoms with van der Waals surface area (Å²) in [5.74, 6) is 1.43. The van der Waals surface area contributed by atoms with E-state index in [9.17, 15) is 15.2 Å². The van der Waals surface area contributed by atoms with Gasteiger partial charge in [0.1, 0.15) is 18.1 Å². The van der Waals surface area contributed by atoms with E-state index in [1.165, 1.54) is 7.48 Å². The van der Waals surface area contributed by atoms with E-state index in [0.29, 0.717) is 34.0 Å². The van der Waals surface area contributed by atoms with E-state index in [0.717, 1.165) is 32.2 Å². The van der Waals surface area contributed by atoms with Crippen LogP contribution in [0.4, 0.5) is 5.82 Å². The average molecular weight is 420 g/mol. The van der Waals surface area contributed by atoms with Gasteiger partial charge in [0.05, 0.1) is 16.8 Å². The van der Waals surface area contributed by atoms with E-state index < -0.39 is 11.2 Å². The Hall–Kier alpha value is -2.89. The molecule has 161 valence electrons. The van der Waals surface area contributed by atoms with Gasteiger partial charge in [0, 0.05) is 24.7 Å². The third-order valence-corrected chi connectivity index (χ3v) is 5.74. The monoisotopic (exact) mass is 420 g/mol. The third kappa shape index (κ3) is 5.24. The van der Waals surface area contributed by atoms with Crippen molar-refractivity contribution in [2.45, 2.75) is 51.7 Å². The number of nitrogens with zero attached hydrogens (tertiary/aromatic N) is 3. The summed E-state index contributed by atoms with van der Waals surface area (Å²) in [5, 5.41) is 19.6. The Labute approximate surface area is 183 Å². The molecule has 1 radical (unpaired) electrons. The Balaban J connectivity index is 1.78. The Kier molecular flexibility index (Phi) is 6.68. The number of carbonyl (C=O) groups excluding carboxylic acids is 1. The lowest BCUT2D eigenvalue weighted by atomic mass is 9.80. The van der Waals surface area contributed by atoms with Crippen LogP contribution in [-0.4, -0.2) is 48.2 Å². The quantitative estimate of drug-likeness (QED) is 0.518. The summed E-state index contributed by atoms with van der Waals surface area (Å²) in [6, 6.07) is 10.6. The minimum Gasteiger partial charge on any atom is -0.439 e. The molecular formula is C23H27BN3O4. The number of rotatable bonds is 8. The van der Waals surface area contributed by atoms with Gasteiger partial charge in [0.15, 0.2) is 5.82 Å². The maximum Gasteiger partial charge on any atom is 0.331 e. The molecule has 1 aliphatic heterocycles. The van der Waals surface area contributed by atoms with Gasteiger partial charge >= 0.3 is 7.48 Å². The van der Waals surface area contributed by atoms with Crippen LogP contribution in [0, 0.1) is 11.3 Å². The Morgan fingerprint density at radius 2 is 1.90 bits per heavy atom. The van der Waals surface area contributed by atoms with Crippen molar-refractivity contribution in [2.75, 3.05) is 18.0 Å². The fourth-order valence-electron chi connectivity index (χ4n) is 3.05. The van der Waals surface area contributed by atoms with E-state index in [1.54, 1.807) is 58.0 Å². The van der Waals surface area contributed by atoms with Crippen LogP contribution in [-0.2, 0) is 4.65 Å². The van der Waals surface area contributed by atoms with E-state index in [-0.39, 0.29) is 0 Å². The number of benzene rings is 1. The zero-order valence-electron chi connectivity index (χ0n) is 18.4. The first-order valence-corrected chi connectivity index (χ1v) is 10.3. The topological polar surface area (TPSA) is 95.7 Å². The molecule has 1 saturated heterocycles. The van der Waals surface area contributed by atoms with Crippen molar-refractivity contribution in [3.05, 3.63) is 41.5 Å². The Morgan fingerprint density at radius 1 is 1.19 bits per heavy atom. The summed E-state index contributed by atoms with van der Waals surface area (Å²) in [4.78, 5) is 18.2. The van der Waals surface area contributed by atoms with Crippen LogP contribution in [0.3, 0.4) is 0 Å². The average Bonchev–Trinajstić information content (AvgIpc) is 3.26. The lowest BCUT2D eigenvalue weighted by molar-refractivity contribution is -0.0893. The molecule has 0 aliphatic carbocycles. The normalized spacial score (nSPS) is 14.3. The van der Waals surface area contributed by atoms with Crippen molar-refractivity contribution in [1.29, 1.82) is 5.26 Å². The predicted molar refractivity (Wildman–Crippen MR) is 119 cm³/mol. The first kappa shape index (κ1) is 22.8. The summed E-state index contributed by atoms with van der Waals surface area (Å²) < 4.78 is 11.6. The first-order chi connectivity index (χ1) is 14.6. The molecule has 31 heavy (non-hydrogen) atoms. The number of carbonyl (C=O) groups is 1. The number of aliphatic hydroxyl groups is 1. The molecule has 0 saturated carbocycles. The summed E-state index contributed by atoms with van der Waals surface area (Å²) >= 11 is 0. The fourth-order valence-corrected chi connectivity index (χ4v) is 3.05. The number of aldehydes is 1. The standard InChI is InChI=1S/C23H27BN3O4/c1-22(2,29)23(3,4)31-24-19-9-8-18(13-17(19)15-28)30-20-10-7-16(14-25)21(26-20)27-11-5-6-12-27/h7-10,13,15,29H,5-6,11-12H2,1-4H3. The van der Waals surface area contributed by atoms with Crippen LogP contribution in [0.1, 0.15) is 56.5 Å². The summed E-state index contributed by atoms with van der Waals surface area (Å²) in [7, 11) is 1.47. The summed E-state index contributed by atoms with van der Waals surface area (Å²) in [6.07, 6.45) is 2.87. The van der Waals surface area contributed by atoms with Crippen molar-refractivity contribution in [3.63, 3.8) is 0 Å². The lowest BCUT2D eigenvalue weighted by Crippen LogP contribution is -2.49. The largest absolute Gasteiger partial charge is 0.439 e. The molecule has 2 heterocycles. The van der Waals surface area contributed by atoms with E-state index in [4.69, 9.17) is 9.39 Å². The van der Waals surface area contributed by atoms with Gasteiger partial charge in [0.2, 0.25) is 5.88 Å². The highest BCUT2D eigenvalue weighted by Crippen LogP contribution is 2.28. The van der Waals surface area contributed by atoms with Gasteiger partial charge in [-0.05, 0) is 64.2 Å². The molecule has 7 nitrogen and oxygen atoms in total. The van der Waals surface area contributed by atoms with Crippen LogP contribution in [0.5, 0.6) is 11.6 Å². The molecule has 1 aliphatic rings. The van der Waals surface area contributed by atoms with Crippen molar-refractivity contribution < 1.29 is 19.3 Å². The van der Waals surface area contributed by atoms with E-state index >= 15 is 0 Å². The predicted octanol–water partition coefficient (Wildman–Crippen LogP) is 2.97. The number of nitriles is 1. The van der Waals surface area contributed by atoms with E-state index in [2.05, 4.69) is 16.0 Å². The number of ether oxygens (including phenoxy) is 1. The molecule has 3 rings (SSSR count). The highest BCUT2D eigenvalue weighted by molar-refractivity contribution is 6.49. The molecule has 2 aromatic rings. The molecule has 0 atom stereocenters. The minimum absolute atomic E-state index is 0.355. The van der Waals surface area contributed by atoms with Gasteiger partial charge in [-0.3, -0.25) is 4.79 Å². The number of pyridine rings is 1. The van der Waals surface area contributed by atoms with Crippen molar-refractivity contribution in [3.8, 4) is 17.7 Å². The highest BCUT2D eigenvalue weighted by atomic mass is 16.5. The molecule has 1 fully saturated rings. The second-order valence-electron chi connectivity index (χ2n) is 8.64. The number of hydrogen-bond acceptors (Lipinski definition) is 7. The first-order valence-electron chi connectivity index (χ1n) is 10.3. The number of hydrogen-bond donors (Lipinski definition) is 1. The third-order valence-electron chi connectivity index (χ3n) is 5.74. The van der Waals surface area contributed by atoms with Crippen molar-refractivity contribution in [1.82, 2.24) is 4.98 Å². The van der Waals surface area contributed by atoms with Crippen LogP contribution >= 0.6 is 0 Å². The molecule has 0 bridgehead atoms. The SMILES string of the molecule is CC(C)(O)C(C)(C)O[B]c1ccc(Oc2ccc(C#N)c(N3CCCC3)n2)cc1C=O. The molecule has 0 unspecified atom stereocenters. The van der Waals surface area contributed by atoms with Gasteiger partial charge in [0.25, 0.3) is 0 Å². The lowest BCUT2D eigenvalue weighted by Gasteiger charge is -2.37. The number of aromatic nitrogens is 1. The van der Waals surface area contributed by atoms with Crippen LogP contribution in [0.25, 0.3) is 0 Å². The van der Waals surface area contributed by atoms with E-state index in [1.807, 2.05) is 0 Å². The van der Waals surface area contributed by atoms with Gasteiger partial charge < -0.3 is 19.4 Å². The highest BCUT2D eigenvalue weighted by Gasteiger charge is 2.35. The zero-order valence-corrected chi connectivity index (χ0v) is 18.4. The van der Waals surface area contributed by atoms with Crippen LogP contribution in [0.2, 0.25) is 0 Å². The molecule has 0 spiro atoms. The van der Waals surface area contributed by atoms with Gasteiger partial charge in [-0.25, -0.2) is 0 Å². The molecule has 1 N–H and O–H groups in total. The fraction of sp³-hybridized carbons (Fsp3) is 0.435. The van der Waals surface area contributed by atoms with Crippen LogP contribution < -0.4 is 15.1 Å². The second kappa shape index (κ2) is 9.09.